The van der Waals surface area contributed by atoms with Crippen LogP contribution < -0.4 is 10.9 Å². The van der Waals surface area contributed by atoms with Gasteiger partial charge in [-0.3, -0.25) is 14.2 Å². The minimum absolute atomic E-state index is 0.0191. The molecular formula is C18H11Cl2F2N3O2S. The number of nitrogens with one attached hydrogen (secondary N) is 1. The van der Waals surface area contributed by atoms with Gasteiger partial charge >= 0.3 is 0 Å². The predicted octanol–water partition coefficient (Wildman–Crippen LogP) is 4.55. The summed E-state index contributed by atoms with van der Waals surface area (Å²) < 4.78 is 28.3. The van der Waals surface area contributed by atoms with Crippen LogP contribution in [-0.4, -0.2) is 21.2 Å². The second kappa shape index (κ2) is 8.72. The number of hydrogen-bond donors (Lipinski definition) is 1. The molecule has 2 aromatic carbocycles. The molecule has 1 heterocycles. The minimum atomic E-state index is -0.667. The maximum Gasteiger partial charge on any atom is 0.287 e. The van der Waals surface area contributed by atoms with E-state index < -0.39 is 23.1 Å². The Balaban J connectivity index is 1.73. The zero-order valence-electron chi connectivity index (χ0n) is 14.0. The van der Waals surface area contributed by atoms with Crippen LogP contribution in [0.4, 0.5) is 14.5 Å². The monoisotopic (exact) mass is 441 g/mol. The fourth-order valence-corrected chi connectivity index (χ4v) is 3.27. The van der Waals surface area contributed by atoms with Gasteiger partial charge in [0.05, 0.1) is 22.2 Å². The maximum atomic E-state index is 13.7. The van der Waals surface area contributed by atoms with Gasteiger partial charge in [0.25, 0.3) is 5.56 Å². The van der Waals surface area contributed by atoms with Crippen molar-refractivity contribution < 1.29 is 13.6 Å². The molecule has 0 aliphatic heterocycles. The van der Waals surface area contributed by atoms with Gasteiger partial charge in [-0.05, 0) is 36.4 Å². The third-order valence-corrected chi connectivity index (χ3v) is 5.02. The Morgan fingerprint density at radius 3 is 2.64 bits per heavy atom. The second-order valence-corrected chi connectivity index (χ2v) is 7.27. The van der Waals surface area contributed by atoms with Gasteiger partial charge in [-0.2, -0.15) is 0 Å². The van der Waals surface area contributed by atoms with Crippen LogP contribution in [0.25, 0.3) is 5.69 Å². The molecule has 1 N–H and O–H groups in total. The SMILES string of the molecule is O=C(CSc1nccn(-c2ccc(F)c(Cl)c2)c1=O)Nc1ccc(Cl)cc1F. The molecule has 0 radical (unpaired) electrons. The van der Waals surface area contributed by atoms with Gasteiger partial charge in [0.2, 0.25) is 5.91 Å². The summed E-state index contributed by atoms with van der Waals surface area (Å²) in [5.41, 5.74) is -0.164. The largest absolute Gasteiger partial charge is 0.323 e. The minimum Gasteiger partial charge on any atom is -0.323 e. The Hall–Kier alpha value is -2.42. The summed E-state index contributed by atoms with van der Waals surface area (Å²) in [6, 6.07) is 7.71. The lowest BCUT2D eigenvalue weighted by Crippen LogP contribution is -2.22. The Morgan fingerprint density at radius 1 is 1.14 bits per heavy atom. The molecular weight excluding hydrogens is 431 g/mol. The molecule has 0 aliphatic carbocycles. The van der Waals surface area contributed by atoms with Crippen molar-refractivity contribution in [2.24, 2.45) is 0 Å². The predicted molar refractivity (Wildman–Crippen MR) is 106 cm³/mol. The van der Waals surface area contributed by atoms with E-state index in [1.807, 2.05) is 0 Å². The molecule has 0 fully saturated rings. The number of amides is 1. The summed E-state index contributed by atoms with van der Waals surface area (Å²) in [5.74, 6) is -1.96. The number of benzene rings is 2. The average Bonchev–Trinajstić information content (AvgIpc) is 2.65. The van der Waals surface area contributed by atoms with Gasteiger partial charge in [0.1, 0.15) is 11.6 Å². The van der Waals surface area contributed by atoms with Crippen molar-refractivity contribution in [1.29, 1.82) is 0 Å². The summed E-state index contributed by atoms with van der Waals surface area (Å²) >= 11 is 12.3. The zero-order valence-corrected chi connectivity index (χ0v) is 16.3. The topological polar surface area (TPSA) is 64.0 Å². The highest BCUT2D eigenvalue weighted by Gasteiger charge is 2.13. The molecule has 0 unspecified atom stereocenters. The van der Waals surface area contributed by atoms with E-state index in [2.05, 4.69) is 10.3 Å². The molecule has 0 aliphatic rings. The number of aromatic nitrogens is 2. The van der Waals surface area contributed by atoms with Crippen LogP contribution in [-0.2, 0) is 4.79 Å². The number of hydrogen-bond acceptors (Lipinski definition) is 4. The van der Waals surface area contributed by atoms with Crippen molar-refractivity contribution in [2.45, 2.75) is 5.03 Å². The Morgan fingerprint density at radius 2 is 1.93 bits per heavy atom. The van der Waals surface area contributed by atoms with Crippen molar-refractivity contribution in [2.75, 3.05) is 11.1 Å². The number of nitrogens with zero attached hydrogens (tertiary/aromatic N) is 2. The third kappa shape index (κ3) is 4.70. The van der Waals surface area contributed by atoms with Crippen LogP contribution in [0.15, 0.2) is 58.6 Å². The molecule has 1 amide bonds. The smallest absolute Gasteiger partial charge is 0.287 e. The van der Waals surface area contributed by atoms with E-state index >= 15 is 0 Å². The third-order valence-electron chi connectivity index (χ3n) is 3.54. The van der Waals surface area contributed by atoms with Crippen LogP contribution >= 0.6 is 35.0 Å². The molecule has 3 rings (SSSR count). The van der Waals surface area contributed by atoms with E-state index in [4.69, 9.17) is 23.2 Å². The number of thioether (sulfide) groups is 1. The lowest BCUT2D eigenvalue weighted by molar-refractivity contribution is -0.113. The quantitative estimate of drug-likeness (QED) is 0.589. The van der Waals surface area contributed by atoms with Crippen molar-refractivity contribution in [3.05, 3.63) is 80.8 Å². The van der Waals surface area contributed by atoms with Crippen molar-refractivity contribution in [1.82, 2.24) is 9.55 Å². The highest BCUT2D eigenvalue weighted by atomic mass is 35.5. The summed E-state index contributed by atoms with van der Waals surface area (Å²) in [5, 5.41) is 2.53. The molecule has 144 valence electrons. The maximum absolute atomic E-state index is 13.7. The molecule has 0 atom stereocenters. The summed E-state index contributed by atoms with van der Waals surface area (Å²) in [7, 11) is 0. The molecule has 10 heteroatoms. The van der Waals surface area contributed by atoms with E-state index in [9.17, 15) is 18.4 Å². The number of rotatable bonds is 5. The molecule has 0 saturated carbocycles. The normalized spacial score (nSPS) is 10.7. The first kappa shape index (κ1) is 20.3. The van der Waals surface area contributed by atoms with E-state index in [0.29, 0.717) is 5.69 Å². The second-order valence-electron chi connectivity index (χ2n) is 5.47. The van der Waals surface area contributed by atoms with Crippen molar-refractivity contribution in [3.8, 4) is 5.69 Å². The van der Waals surface area contributed by atoms with Crippen LogP contribution in [0, 0.1) is 11.6 Å². The van der Waals surface area contributed by atoms with E-state index in [-0.39, 0.29) is 26.5 Å². The Kier molecular flexibility index (Phi) is 6.33. The van der Waals surface area contributed by atoms with Gasteiger partial charge < -0.3 is 5.32 Å². The van der Waals surface area contributed by atoms with E-state index in [0.717, 1.165) is 23.9 Å². The van der Waals surface area contributed by atoms with Crippen LogP contribution in [0.2, 0.25) is 10.0 Å². The summed E-state index contributed by atoms with van der Waals surface area (Å²) in [4.78, 5) is 28.6. The first-order valence-corrected chi connectivity index (χ1v) is 9.50. The summed E-state index contributed by atoms with van der Waals surface area (Å²) in [6.45, 7) is 0. The average molecular weight is 442 g/mol. The molecule has 28 heavy (non-hydrogen) atoms. The fraction of sp³-hybridized carbons (Fsp3) is 0.0556. The van der Waals surface area contributed by atoms with Gasteiger partial charge in [-0.15, -0.1) is 0 Å². The van der Waals surface area contributed by atoms with Crippen molar-refractivity contribution >= 4 is 46.6 Å². The fourth-order valence-electron chi connectivity index (χ4n) is 2.24. The van der Waals surface area contributed by atoms with Gasteiger partial charge in [0, 0.05) is 17.4 Å². The number of carbonyl (C=O) groups excluding carboxylic acids is 1. The van der Waals surface area contributed by atoms with Crippen molar-refractivity contribution in [3.63, 3.8) is 0 Å². The molecule has 3 aromatic rings. The molecule has 0 saturated heterocycles. The Bertz CT molecular complexity index is 1110. The lowest BCUT2D eigenvalue weighted by atomic mass is 10.3. The zero-order chi connectivity index (χ0) is 20.3. The number of anilines is 1. The van der Waals surface area contributed by atoms with Crippen LogP contribution in [0.1, 0.15) is 0 Å². The number of halogens is 4. The van der Waals surface area contributed by atoms with Gasteiger partial charge in [0.15, 0.2) is 5.03 Å². The highest BCUT2D eigenvalue weighted by molar-refractivity contribution is 7.99. The summed E-state index contributed by atoms with van der Waals surface area (Å²) in [6.07, 6.45) is 2.77. The lowest BCUT2D eigenvalue weighted by Gasteiger charge is -2.09. The van der Waals surface area contributed by atoms with Gasteiger partial charge in [-0.1, -0.05) is 35.0 Å². The Labute approximate surface area is 172 Å². The first-order valence-electron chi connectivity index (χ1n) is 7.76. The van der Waals surface area contributed by atoms with Gasteiger partial charge in [-0.25, -0.2) is 13.8 Å². The molecule has 0 spiro atoms. The van der Waals surface area contributed by atoms with Crippen LogP contribution in [0.3, 0.4) is 0 Å². The molecule has 0 bridgehead atoms. The highest BCUT2D eigenvalue weighted by Crippen LogP contribution is 2.21. The van der Waals surface area contributed by atoms with E-state index in [1.165, 1.54) is 41.2 Å². The first-order chi connectivity index (χ1) is 13.3. The molecule has 5 nitrogen and oxygen atoms in total. The standard InChI is InChI=1S/C18H11Cl2F2N3O2S/c19-10-1-4-15(14(22)7-10)24-16(26)9-28-17-18(27)25(6-5-23-17)11-2-3-13(21)12(20)8-11/h1-8H,9H2,(H,24,26). The number of carbonyl (C=O) groups is 1. The molecule has 1 aromatic heterocycles. The van der Waals surface area contributed by atoms with E-state index in [1.54, 1.807) is 0 Å². The van der Waals surface area contributed by atoms with Crippen LogP contribution in [0.5, 0.6) is 0 Å².